The molecule has 2 heterocycles. The highest BCUT2D eigenvalue weighted by Crippen LogP contribution is 2.43. The smallest absolute Gasteiger partial charge is 0.191 e. The van der Waals surface area contributed by atoms with E-state index in [2.05, 4.69) is 52.1 Å². The Hall–Kier alpha value is -2.27. The molecular formula is C23H31N7O2S. The summed E-state index contributed by atoms with van der Waals surface area (Å²) >= 11 is 1.60. The lowest BCUT2D eigenvalue weighted by Gasteiger charge is -2.17. The van der Waals surface area contributed by atoms with Crippen LogP contribution in [0.25, 0.3) is 11.2 Å². The van der Waals surface area contributed by atoms with Gasteiger partial charge in [-0.2, -0.15) is 0 Å². The second kappa shape index (κ2) is 9.54. The van der Waals surface area contributed by atoms with Crippen molar-refractivity contribution in [2.45, 2.75) is 74.5 Å². The third kappa shape index (κ3) is 4.44. The number of anilines is 1. The largest absolute Gasteiger partial charge is 0.389 e. The number of aromatic nitrogens is 5. The van der Waals surface area contributed by atoms with E-state index in [9.17, 15) is 10.2 Å². The molecule has 0 spiro atoms. The zero-order valence-electron chi connectivity index (χ0n) is 18.9. The number of thioether (sulfide) groups is 1. The Bertz CT molecular complexity index is 1100. The molecule has 2 fully saturated rings. The minimum absolute atomic E-state index is 0.194. The molecule has 6 atom stereocenters. The van der Waals surface area contributed by atoms with E-state index < -0.39 is 18.2 Å². The third-order valence-corrected chi connectivity index (χ3v) is 7.56. The second-order valence-electron chi connectivity index (χ2n) is 8.86. The van der Waals surface area contributed by atoms with E-state index in [0.29, 0.717) is 34.5 Å². The first-order valence-electron chi connectivity index (χ1n) is 11.8. The van der Waals surface area contributed by atoms with Gasteiger partial charge in [0.2, 0.25) is 0 Å². The van der Waals surface area contributed by atoms with Gasteiger partial charge < -0.3 is 20.8 Å². The fraction of sp³-hybridized carbons (Fsp3) is 0.565. The summed E-state index contributed by atoms with van der Waals surface area (Å²) in [7, 11) is 0. The Morgan fingerprint density at radius 1 is 1.06 bits per heavy atom. The van der Waals surface area contributed by atoms with Gasteiger partial charge in [0.15, 0.2) is 22.1 Å². The average Bonchev–Trinajstić information content (AvgIpc) is 3.39. The molecule has 33 heavy (non-hydrogen) atoms. The molecule has 0 aliphatic heterocycles. The fourth-order valence-electron chi connectivity index (χ4n) is 4.71. The molecule has 0 saturated heterocycles. The molecule has 176 valence electrons. The Labute approximate surface area is 197 Å². The van der Waals surface area contributed by atoms with Crippen molar-refractivity contribution < 1.29 is 10.2 Å². The highest BCUT2D eigenvalue weighted by atomic mass is 32.2. The van der Waals surface area contributed by atoms with Crippen molar-refractivity contribution in [2.75, 3.05) is 17.6 Å². The van der Waals surface area contributed by atoms with Crippen molar-refractivity contribution in [3.63, 3.8) is 0 Å². The Morgan fingerprint density at radius 2 is 1.88 bits per heavy atom. The van der Waals surface area contributed by atoms with Crippen LogP contribution in [0.15, 0.2) is 35.5 Å². The summed E-state index contributed by atoms with van der Waals surface area (Å²) in [5.74, 6) is 2.05. The van der Waals surface area contributed by atoms with Gasteiger partial charge in [0.05, 0.1) is 12.1 Å². The first kappa shape index (κ1) is 22.5. The van der Waals surface area contributed by atoms with Crippen molar-refractivity contribution >= 4 is 28.7 Å². The van der Waals surface area contributed by atoms with E-state index in [1.54, 1.807) is 16.4 Å². The quantitative estimate of drug-likeness (QED) is 0.276. The molecule has 0 radical (unpaired) electrons. The first-order valence-corrected chi connectivity index (χ1v) is 12.8. The van der Waals surface area contributed by atoms with Crippen molar-refractivity contribution in [1.29, 1.82) is 0 Å². The van der Waals surface area contributed by atoms with Gasteiger partial charge in [0, 0.05) is 23.8 Å². The van der Waals surface area contributed by atoms with E-state index in [-0.39, 0.29) is 12.1 Å². The number of aliphatic hydroxyl groups excluding tert-OH is 2. The molecule has 1 aromatic carbocycles. The van der Waals surface area contributed by atoms with Crippen LogP contribution in [0.1, 0.15) is 50.6 Å². The highest BCUT2D eigenvalue weighted by Gasteiger charge is 2.44. The number of benzene rings is 1. The standard InChI is InChI=1S/C23H31N7O2S/c1-3-10-33-23-26-21(25-15-11-14(15)13-8-6-5-7-9-13)18-22(27-23)30(29-28-18)17-12-16(24-4-2)19(31)20(17)32/h5-9,14-17,19-20,24,31-32H,3-4,10-12H2,1-2H3,(H,25,26,27). The van der Waals surface area contributed by atoms with E-state index >= 15 is 0 Å². The number of nitrogens with zero attached hydrogens (tertiary/aromatic N) is 5. The van der Waals surface area contributed by atoms with Crippen molar-refractivity contribution in [2.24, 2.45) is 0 Å². The summed E-state index contributed by atoms with van der Waals surface area (Å²) in [4.78, 5) is 9.52. The lowest BCUT2D eigenvalue weighted by Crippen LogP contribution is -2.39. The van der Waals surface area contributed by atoms with Crippen LogP contribution in [0.3, 0.4) is 0 Å². The van der Waals surface area contributed by atoms with Gasteiger partial charge in [-0.25, -0.2) is 14.6 Å². The van der Waals surface area contributed by atoms with Gasteiger partial charge in [0.25, 0.3) is 0 Å². The summed E-state index contributed by atoms with van der Waals surface area (Å²) in [5.41, 5.74) is 2.52. The lowest BCUT2D eigenvalue weighted by atomic mass is 10.1. The van der Waals surface area contributed by atoms with Crippen molar-refractivity contribution in [3.8, 4) is 0 Å². The summed E-state index contributed by atoms with van der Waals surface area (Å²) in [6.07, 6.45) is 0.808. The second-order valence-corrected chi connectivity index (χ2v) is 9.92. The number of likely N-dealkylation sites (N-methyl/N-ethyl adjacent to an activating group) is 1. The zero-order chi connectivity index (χ0) is 22.9. The number of fused-ring (bicyclic) bond motifs is 1. The molecule has 6 unspecified atom stereocenters. The summed E-state index contributed by atoms with van der Waals surface area (Å²) in [5, 5.41) is 37.5. The summed E-state index contributed by atoms with van der Waals surface area (Å²) in [6, 6.07) is 10.2. The molecule has 2 aromatic heterocycles. The van der Waals surface area contributed by atoms with E-state index in [1.807, 2.05) is 13.0 Å². The van der Waals surface area contributed by atoms with Crippen LogP contribution in [-0.4, -0.2) is 71.8 Å². The van der Waals surface area contributed by atoms with Gasteiger partial charge in [-0.15, -0.1) is 5.10 Å². The first-order chi connectivity index (χ1) is 16.1. The fourth-order valence-corrected chi connectivity index (χ4v) is 5.40. The predicted octanol–water partition coefficient (Wildman–Crippen LogP) is 2.34. The summed E-state index contributed by atoms with van der Waals surface area (Å²) < 4.78 is 1.67. The van der Waals surface area contributed by atoms with Crippen LogP contribution in [0, 0.1) is 0 Å². The minimum Gasteiger partial charge on any atom is -0.389 e. The number of rotatable bonds is 9. The van der Waals surface area contributed by atoms with Gasteiger partial charge in [-0.05, 0) is 31.4 Å². The SMILES string of the molecule is CCCSc1nc(NC2CC2c2ccccc2)c2nnn(C3CC(NCC)C(O)C3O)c2n1. The normalized spacial score (nSPS) is 29.0. The van der Waals surface area contributed by atoms with Crippen molar-refractivity contribution in [3.05, 3.63) is 35.9 Å². The molecule has 0 bridgehead atoms. The Morgan fingerprint density at radius 3 is 2.64 bits per heavy atom. The zero-order valence-corrected chi connectivity index (χ0v) is 19.7. The monoisotopic (exact) mass is 469 g/mol. The lowest BCUT2D eigenvalue weighted by molar-refractivity contribution is 0.0123. The molecule has 3 aromatic rings. The van der Waals surface area contributed by atoms with E-state index in [1.165, 1.54) is 5.56 Å². The van der Waals surface area contributed by atoms with E-state index in [0.717, 1.165) is 25.1 Å². The molecule has 10 heteroatoms. The molecule has 9 nitrogen and oxygen atoms in total. The molecule has 4 N–H and O–H groups in total. The van der Waals surface area contributed by atoms with Crippen LogP contribution in [0.2, 0.25) is 0 Å². The maximum absolute atomic E-state index is 10.7. The topological polar surface area (TPSA) is 121 Å². The summed E-state index contributed by atoms with van der Waals surface area (Å²) in [6.45, 7) is 4.83. The van der Waals surface area contributed by atoms with Gasteiger partial charge in [-0.1, -0.05) is 61.2 Å². The molecule has 2 aliphatic rings. The molecule has 5 rings (SSSR count). The van der Waals surface area contributed by atoms with Crippen LogP contribution in [-0.2, 0) is 0 Å². The Balaban J connectivity index is 1.45. The number of aliphatic hydroxyl groups is 2. The van der Waals surface area contributed by atoms with Crippen LogP contribution in [0.5, 0.6) is 0 Å². The maximum Gasteiger partial charge on any atom is 0.191 e. The number of nitrogens with one attached hydrogen (secondary N) is 2. The average molecular weight is 470 g/mol. The highest BCUT2D eigenvalue weighted by molar-refractivity contribution is 7.99. The molecule has 2 saturated carbocycles. The number of hydrogen-bond donors (Lipinski definition) is 4. The van der Waals surface area contributed by atoms with Gasteiger partial charge in [-0.3, -0.25) is 0 Å². The molecular weight excluding hydrogens is 438 g/mol. The van der Waals surface area contributed by atoms with E-state index in [4.69, 9.17) is 9.97 Å². The molecule has 2 aliphatic carbocycles. The maximum atomic E-state index is 10.7. The van der Waals surface area contributed by atoms with Crippen LogP contribution < -0.4 is 10.6 Å². The van der Waals surface area contributed by atoms with Crippen molar-refractivity contribution in [1.82, 2.24) is 30.3 Å². The number of hydrogen-bond acceptors (Lipinski definition) is 9. The van der Waals surface area contributed by atoms with Crippen LogP contribution >= 0.6 is 11.8 Å². The third-order valence-electron chi connectivity index (χ3n) is 6.51. The van der Waals surface area contributed by atoms with Gasteiger partial charge in [0.1, 0.15) is 6.10 Å². The predicted molar refractivity (Wildman–Crippen MR) is 128 cm³/mol. The minimum atomic E-state index is -0.942. The van der Waals surface area contributed by atoms with Crippen LogP contribution in [0.4, 0.5) is 5.82 Å². The Kier molecular flexibility index (Phi) is 6.51. The van der Waals surface area contributed by atoms with Gasteiger partial charge >= 0.3 is 0 Å². The molecule has 0 amide bonds.